The molecule has 2 heteroatoms. The van der Waals surface area contributed by atoms with Crippen LogP contribution in [0.5, 0.6) is 0 Å². The van der Waals surface area contributed by atoms with Gasteiger partial charge in [-0.1, -0.05) is 20.3 Å². The standard InChI is InChI=1S/C12H25NO/c1-4-12(2)6-9-13(10-7-12)8-5-11-14-3/h4-11H2,1-3H3. The van der Waals surface area contributed by atoms with Crippen molar-refractivity contribution in [3.05, 3.63) is 0 Å². The molecular weight excluding hydrogens is 174 g/mol. The molecule has 0 unspecified atom stereocenters. The number of hydrogen-bond acceptors (Lipinski definition) is 2. The van der Waals surface area contributed by atoms with Gasteiger partial charge in [-0.25, -0.2) is 0 Å². The second-order valence-corrected chi connectivity index (χ2v) is 4.85. The zero-order valence-corrected chi connectivity index (χ0v) is 10.0. The van der Waals surface area contributed by atoms with Gasteiger partial charge in [-0.15, -0.1) is 0 Å². The van der Waals surface area contributed by atoms with Gasteiger partial charge in [-0.3, -0.25) is 0 Å². The van der Waals surface area contributed by atoms with Gasteiger partial charge in [0.15, 0.2) is 0 Å². The van der Waals surface area contributed by atoms with E-state index in [1.54, 1.807) is 7.11 Å². The van der Waals surface area contributed by atoms with Gasteiger partial charge in [0.05, 0.1) is 0 Å². The molecule has 0 aromatic carbocycles. The molecule has 0 aromatic rings. The first kappa shape index (κ1) is 12.0. The monoisotopic (exact) mass is 199 g/mol. The SMILES string of the molecule is CCC1(C)CCN(CCCOC)CC1. The van der Waals surface area contributed by atoms with Gasteiger partial charge in [0, 0.05) is 20.3 Å². The van der Waals surface area contributed by atoms with Crippen molar-refractivity contribution in [3.63, 3.8) is 0 Å². The number of methoxy groups -OCH3 is 1. The average Bonchev–Trinajstić information content (AvgIpc) is 2.22. The molecule has 0 aliphatic carbocycles. The van der Waals surface area contributed by atoms with Crippen molar-refractivity contribution >= 4 is 0 Å². The third-order valence-corrected chi connectivity index (χ3v) is 3.74. The first-order valence-electron chi connectivity index (χ1n) is 5.91. The molecule has 1 heterocycles. The number of nitrogens with zero attached hydrogens (tertiary/aromatic N) is 1. The third kappa shape index (κ3) is 3.58. The lowest BCUT2D eigenvalue weighted by Gasteiger charge is -2.38. The predicted octanol–water partition coefficient (Wildman–Crippen LogP) is 2.54. The Kier molecular flexibility index (Phi) is 4.90. The van der Waals surface area contributed by atoms with Crippen LogP contribution in [0.4, 0.5) is 0 Å². The molecule has 0 radical (unpaired) electrons. The summed E-state index contributed by atoms with van der Waals surface area (Å²) < 4.78 is 5.07. The molecule has 84 valence electrons. The normalized spacial score (nSPS) is 22.5. The molecule has 1 aliphatic heterocycles. The van der Waals surface area contributed by atoms with Crippen molar-refractivity contribution in [3.8, 4) is 0 Å². The largest absolute Gasteiger partial charge is 0.385 e. The van der Waals surface area contributed by atoms with Crippen LogP contribution in [0.3, 0.4) is 0 Å². The third-order valence-electron chi connectivity index (χ3n) is 3.74. The Hall–Kier alpha value is -0.0800. The molecule has 1 aliphatic rings. The minimum Gasteiger partial charge on any atom is -0.385 e. The maximum Gasteiger partial charge on any atom is 0.0474 e. The van der Waals surface area contributed by atoms with Crippen molar-refractivity contribution < 1.29 is 4.74 Å². The van der Waals surface area contributed by atoms with Gasteiger partial charge in [0.1, 0.15) is 0 Å². The lowest BCUT2D eigenvalue weighted by molar-refractivity contribution is 0.103. The van der Waals surface area contributed by atoms with E-state index in [9.17, 15) is 0 Å². The maximum atomic E-state index is 5.07. The number of ether oxygens (including phenoxy) is 1. The predicted molar refractivity (Wildman–Crippen MR) is 60.6 cm³/mol. The molecule has 0 spiro atoms. The van der Waals surface area contributed by atoms with Gasteiger partial charge >= 0.3 is 0 Å². The summed E-state index contributed by atoms with van der Waals surface area (Å²) >= 11 is 0. The van der Waals surface area contributed by atoms with Crippen LogP contribution in [-0.2, 0) is 4.74 Å². The van der Waals surface area contributed by atoms with Gasteiger partial charge < -0.3 is 9.64 Å². The highest BCUT2D eigenvalue weighted by molar-refractivity contribution is 4.80. The van der Waals surface area contributed by atoms with E-state index in [0.29, 0.717) is 5.41 Å². The van der Waals surface area contributed by atoms with E-state index >= 15 is 0 Å². The summed E-state index contributed by atoms with van der Waals surface area (Å²) in [5, 5.41) is 0. The smallest absolute Gasteiger partial charge is 0.0474 e. The van der Waals surface area contributed by atoms with E-state index in [1.165, 1.54) is 45.3 Å². The van der Waals surface area contributed by atoms with Gasteiger partial charge in [-0.2, -0.15) is 0 Å². The molecule has 0 bridgehead atoms. The van der Waals surface area contributed by atoms with E-state index in [0.717, 1.165) is 6.61 Å². The zero-order chi connectivity index (χ0) is 10.4. The van der Waals surface area contributed by atoms with Crippen LogP contribution in [0.1, 0.15) is 39.5 Å². The molecule has 0 N–H and O–H groups in total. The fourth-order valence-electron chi connectivity index (χ4n) is 2.10. The highest BCUT2D eigenvalue weighted by Gasteiger charge is 2.27. The lowest BCUT2D eigenvalue weighted by Crippen LogP contribution is -2.39. The molecule has 2 nitrogen and oxygen atoms in total. The molecule has 0 saturated carbocycles. The fraction of sp³-hybridized carbons (Fsp3) is 1.00. The van der Waals surface area contributed by atoms with Gasteiger partial charge in [0.25, 0.3) is 0 Å². The molecular formula is C12H25NO. The summed E-state index contributed by atoms with van der Waals surface area (Å²) in [5.74, 6) is 0. The quantitative estimate of drug-likeness (QED) is 0.631. The summed E-state index contributed by atoms with van der Waals surface area (Å²) in [6.07, 6.45) is 5.26. The summed E-state index contributed by atoms with van der Waals surface area (Å²) in [7, 11) is 1.78. The Morgan fingerprint density at radius 3 is 2.43 bits per heavy atom. The van der Waals surface area contributed by atoms with Crippen molar-refractivity contribution in [2.45, 2.75) is 39.5 Å². The van der Waals surface area contributed by atoms with Gasteiger partial charge in [0.2, 0.25) is 0 Å². The molecule has 0 aromatic heterocycles. The summed E-state index contributed by atoms with van der Waals surface area (Å²) in [4.78, 5) is 2.58. The Morgan fingerprint density at radius 2 is 1.93 bits per heavy atom. The van der Waals surface area contributed by atoms with E-state index in [4.69, 9.17) is 4.74 Å². The Balaban J connectivity index is 2.15. The topological polar surface area (TPSA) is 12.5 Å². The summed E-state index contributed by atoms with van der Waals surface area (Å²) in [6, 6.07) is 0. The van der Waals surface area contributed by atoms with E-state index in [2.05, 4.69) is 18.7 Å². The fourth-order valence-corrected chi connectivity index (χ4v) is 2.10. The Labute approximate surface area is 88.6 Å². The van der Waals surface area contributed by atoms with E-state index < -0.39 is 0 Å². The van der Waals surface area contributed by atoms with E-state index in [1.807, 2.05) is 0 Å². The Bertz CT molecular complexity index is 150. The number of hydrogen-bond donors (Lipinski definition) is 0. The molecule has 14 heavy (non-hydrogen) atoms. The maximum absolute atomic E-state index is 5.07. The number of piperidine rings is 1. The zero-order valence-electron chi connectivity index (χ0n) is 10.0. The van der Waals surface area contributed by atoms with Crippen LogP contribution >= 0.6 is 0 Å². The minimum atomic E-state index is 0.623. The second kappa shape index (κ2) is 5.72. The van der Waals surface area contributed by atoms with Crippen LogP contribution in [-0.4, -0.2) is 38.3 Å². The summed E-state index contributed by atoms with van der Waals surface area (Å²) in [6.45, 7) is 9.44. The summed E-state index contributed by atoms with van der Waals surface area (Å²) in [5.41, 5.74) is 0.623. The van der Waals surface area contributed by atoms with Crippen molar-refractivity contribution in [1.29, 1.82) is 0 Å². The van der Waals surface area contributed by atoms with Crippen LogP contribution in [0.25, 0.3) is 0 Å². The van der Waals surface area contributed by atoms with Crippen molar-refractivity contribution in [1.82, 2.24) is 4.90 Å². The molecule has 1 saturated heterocycles. The van der Waals surface area contributed by atoms with Crippen LogP contribution in [0.15, 0.2) is 0 Å². The van der Waals surface area contributed by atoms with Crippen LogP contribution in [0, 0.1) is 5.41 Å². The van der Waals surface area contributed by atoms with E-state index in [-0.39, 0.29) is 0 Å². The first-order valence-corrected chi connectivity index (χ1v) is 5.91. The van der Waals surface area contributed by atoms with Gasteiger partial charge in [-0.05, 0) is 37.8 Å². The highest BCUT2D eigenvalue weighted by atomic mass is 16.5. The molecule has 1 rings (SSSR count). The minimum absolute atomic E-state index is 0.623. The number of likely N-dealkylation sites (tertiary alicyclic amines) is 1. The highest BCUT2D eigenvalue weighted by Crippen LogP contribution is 2.33. The number of rotatable bonds is 5. The second-order valence-electron chi connectivity index (χ2n) is 4.85. The molecule has 0 amide bonds. The molecule has 0 atom stereocenters. The van der Waals surface area contributed by atoms with Crippen molar-refractivity contribution in [2.75, 3.05) is 33.4 Å². The van der Waals surface area contributed by atoms with Crippen LogP contribution < -0.4 is 0 Å². The first-order chi connectivity index (χ1) is 6.70. The average molecular weight is 199 g/mol. The lowest BCUT2D eigenvalue weighted by atomic mass is 9.78. The molecule has 1 fully saturated rings. The Morgan fingerprint density at radius 1 is 1.29 bits per heavy atom. The van der Waals surface area contributed by atoms with Crippen LogP contribution in [0.2, 0.25) is 0 Å². The van der Waals surface area contributed by atoms with Crippen molar-refractivity contribution in [2.24, 2.45) is 5.41 Å².